The van der Waals surface area contributed by atoms with Crippen LogP contribution in [0, 0.1) is 13.8 Å². The number of benzene rings is 1. The third kappa shape index (κ3) is 4.87. The van der Waals surface area contributed by atoms with E-state index in [2.05, 4.69) is 48.4 Å². The Kier molecular flexibility index (Phi) is 5.76. The van der Waals surface area contributed by atoms with Crippen molar-refractivity contribution in [2.75, 3.05) is 6.54 Å². The highest BCUT2D eigenvalue weighted by molar-refractivity contribution is 5.30. The maximum Gasteiger partial charge on any atom is 0.142 e. The molecule has 0 saturated heterocycles. The van der Waals surface area contributed by atoms with Crippen LogP contribution in [0.1, 0.15) is 35.9 Å². The Hall–Kier alpha value is -1.87. The Morgan fingerprint density at radius 3 is 2.52 bits per heavy atom. The first-order valence-corrected chi connectivity index (χ1v) is 7.54. The zero-order chi connectivity index (χ0) is 15.1. The zero-order valence-corrected chi connectivity index (χ0v) is 13.1. The number of aryl methyl sites for hydroxylation is 2. The fraction of sp³-hybridized carbons (Fsp3) is 0.389. The van der Waals surface area contributed by atoms with Gasteiger partial charge >= 0.3 is 0 Å². The first kappa shape index (κ1) is 15.5. The van der Waals surface area contributed by atoms with E-state index in [1.54, 1.807) is 0 Å². The second-order valence-corrected chi connectivity index (χ2v) is 5.35. The van der Waals surface area contributed by atoms with Gasteiger partial charge in [0.25, 0.3) is 0 Å². The van der Waals surface area contributed by atoms with Gasteiger partial charge in [-0.25, -0.2) is 0 Å². The van der Waals surface area contributed by atoms with E-state index in [9.17, 15) is 0 Å². The fourth-order valence-electron chi connectivity index (χ4n) is 2.08. The fourth-order valence-corrected chi connectivity index (χ4v) is 2.08. The largest absolute Gasteiger partial charge is 0.487 e. The first-order chi connectivity index (χ1) is 10.2. The maximum atomic E-state index is 5.95. The molecule has 0 fully saturated rings. The summed E-state index contributed by atoms with van der Waals surface area (Å²) in [5.41, 5.74) is 4.44. The summed E-state index contributed by atoms with van der Waals surface area (Å²) in [5.74, 6) is 0.866. The van der Waals surface area contributed by atoms with Crippen LogP contribution in [0.5, 0.6) is 5.75 Å². The molecule has 1 aromatic heterocycles. The number of pyridine rings is 1. The SMILES string of the molecule is CCCNCc1nc(C)ccc1OCc1ccc(C)cc1. The lowest BCUT2D eigenvalue weighted by atomic mass is 10.2. The number of rotatable bonds is 7. The van der Waals surface area contributed by atoms with Crippen LogP contribution < -0.4 is 10.1 Å². The monoisotopic (exact) mass is 284 g/mol. The van der Waals surface area contributed by atoms with E-state index in [-0.39, 0.29) is 0 Å². The highest BCUT2D eigenvalue weighted by atomic mass is 16.5. The Morgan fingerprint density at radius 1 is 1.05 bits per heavy atom. The number of hydrogen-bond acceptors (Lipinski definition) is 3. The van der Waals surface area contributed by atoms with Gasteiger partial charge in [-0.15, -0.1) is 0 Å². The van der Waals surface area contributed by atoms with Crippen molar-refractivity contribution in [1.82, 2.24) is 10.3 Å². The number of nitrogens with one attached hydrogen (secondary N) is 1. The highest BCUT2D eigenvalue weighted by Gasteiger charge is 2.06. The maximum absolute atomic E-state index is 5.95. The lowest BCUT2D eigenvalue weighted by molar-refractivity contribution is 0.300. The Morgan fingerprint density at radius 2 is 1.81 bits per heavy atom. The summed E-state index contributed by atoms with van der Waals surface area (Å²) in [6.45, 7) is 8.57. The molecule has 1 heterocycles. The van der Waals surface area contributed by atoms with Gasteiger partial charge in [0.05, 0.1) is 5.69 Å². The van der Waals surface area contributed by atoms with E-state index in [0.29, 0.717) is 6.61 Å². The van der Waals surface area contributed by atoms with Crippen LogP contribution in [0.2, 0.25) is 0 Å². The van der Waals surface area contributed by atoms with Crippen molar-refractivity contribution in [3.63, 3.8) is 0 Å². The first-order valence-electron chi connectivity index (χ1n) is 7.54. The molecule has 0 aliphatic rings. The summed E-state index contributed by atoms with van der Waals surface area (Å²) in [7, 11) is 0. The molecule has 0 bridgehead atoms. The van der Waals surface area contributed by atoms with Gasteiger partial charge in [-0.2, -0.15) is 0 Å². The molecule has 2 rings (SSSR count). The van der Waals surface area contributed by atoms with Crippen LogP contribution >= 0.6 is 0 Å². The summed E-state index contributed by atoms with van der Waals surface area (Å²) >= 11 is 0. The summed E-state index contributed by atoms with van der Waals surface area (Å²) in [5, 5.41) is 3.38. The molecule has 0 radical (unpaired) electrons. The van der Waals surface area contributed by atoms with Crippen molar-refractivity contribution in [3.8, 4) is 5.75 Å². The molecule has 3 heteroatoms. The van der Waals surface area contributed by atoms with Gasteiger partial charge in [-0.05, 0) is 44.5 Å². The molecule has 3 nitrogen and oxygen atoms in total. The van der Waals surface area contributed by atoms with Crippen LogP contribution in [0.4, 0.5) is 0 Å². The molecule has 112 valence electrons. The van der Waals surface area contributed by atoms with E-state index in [0.717, 1.165) is 36.6 Å². The van der Waals surface area contributed by atoms with Gasteiger partial charge in [0.15, 0.2) is 0 Å². The Bertz CT molecular complexity index is 564. The van der Waals surface area contributed by atoms with Crippen LogP contribution in [-0.4, -0.2) is 11.5 Å². The van der Waals surface area contributed by atoms with Crippen molar-refractivity contribution in [2.45, 2.75) is 40.3 Å². The van der Waals surface area contributed by atoms with Gasteiger partial charge in [0.1, 0.15) is 12.4 Å². The van der Waals surface area contributed by atoms with Gasteiger partial charge < -0.3 is 10.1 Å². The highest BCUT2D eigenvalue weighted by Crippen LogP contribution is 2.18. The van der Waals surface area contributed by atoms with E-state index in [1.165, 1.54) is 11.1 Å². The molecule has 0 amide bonds. The predicted octanol–water partition coefficient (Wildman–Crippen LogP) is 3.78. The molecule has 0 spiro atoms. The molecule has 0 saturated carbocycles. The topological polar surface area (TPSA) is 34.2 Å². The zero-order valence-electron chi connectivity index (χ0n) is 13.1. The number of hydrogen-bond donors (Lipinski definition) is 1. The van der Waals surface area contributed by atoms with Gasteiger partial charge in [0, 0.05) is 12.2 Å². The van der Waals surface area contributed by atoms with Gasteiger partial charge in [0.2, 0.25) is 0 Å². The normalized spacial score (nSPS) is 10.6. The predicted molar refractivity (Wildman–Crippen MR) is 86.5 cm³/mol. The molecular weight excluding hydrogens is 260 g/mol. The van der Waals surface area contributed by atoms with Crippen molar-refractivity contribution in [3.05, 3.63) is 58.9 Å². The summed E-state index contributed by atoms with van der Waals surface area (Å²) in [4.78, 5) is 4.58. The third-order valence-electron chi connectivity index (χ3n) is 3.31. The second kappa shape index (κ2) is 7.79. The molecular formula is C18H24N2O. The molecule has 0 unspecified atom stereocenters. The quantitative estimate of drug-likeness (QED) is 0.786. The summed E-state index contributed by atoms with van der Waals surface area (Å²) in [6, 6.07) is 12.4. The molecule has 0 aliphatic carbocycles. The van der Waals surface area contributed by atoms with E-state index >= 15 is 0 Å². The van der Waals surface area contributed by atoms with Gasteiger partial charge in [-0.1, -0.05) is 36.8 Å². The molecule has 21 heavy (non-hydrogen) atoms. The van der Waals surface area contributed by atoms with Crippen LogP contribution in [0.3, 0.4) is 0 Å². The van der Waals surface area contributed by atoms with Crippen molar-refractivity contribution in [2.24, 2.45) is 0 Å². The minimum Gasteiger partial charge on any atom is -0.487 e. The molecule has 1 N–H and O–H groups in total. The van der Waals surface area contributed by atoms with E-state index in [1.807, 2.05) is 19.1 Å². The van der Waals surface area contributed by atoms with Crippen molar-refractivity contribution in [1.29, 1.82) is 0 Å². The summed E-state index contributed by atoms with van der Waals surface area (Å²) < 4.78 is 5.95. The minimum atomic E-state index is 0.575. The standard InChI is InChI=1S/C18H24N2O/c1-4-11-19-12-17-18(10-7-15(3)20-17)21-13-16-8-5-14(2)6-9-16/h5-10,19H,4,11-13H2,1-3H3. The summed E-state index contributed by atoms with van der Waals surface area (Å²) in [6.07, 6.45) is 1.12. The van der Waals surface area contributed by atoms with Crippen LogP contribution in [0.25, 0.3) is 0 Å². The number of ether oxygens (including phenoxy) is 1. The Balaban J connectivity index is 2.02. The average molecular weight is 284 g/mol. The van der Waals surface area contributed by atoms with Crippen LogP contribution in [-0.2, 0) is 13.2 Å². The van der Waals surface area contributed by atoms with E-state index in [4.69, 9.17) is 4.74 Å². The lowest BCUT2D eigenvalue weighted by Gasteiger charge is -2.12. The molecule has 0 atom stereocenters. The second-order valence-electron chi connectivity index (χ2n) is 5.35. The van der Waals surface area contributed by atoms with Crippen molar-refractivity contribution >= 4 is 0 Å². The Labute approximate surface area is 127 Å². The molecule has 1 aromatic carbocycles. The smallest absolute Gasteiger partial charge is 0.142 e. The molecule has 0 aliphatic heterocycles. The van der Waals surface area contributed by atoms with Crippen molar-refractivity contribution < 1.29 is 4.74 Å². The van der Waals surface area contributed by atoms with Crippen LogP contribution in [0.15, 0.2) is 36.4 Å². The van der Waals surface area contributed by atoms with Gasteiger partial charge in [-0.3, -0.25) is 4.98 Å². The van der Waals surface area contributed by atoms with E-state index < -0.39 is 0 Å². The average Bonchev–Trinajstić information content (AvgIpc) is 2.48. The third-order valence-corrected chi connectivity index (χ3v) is 3.31. The molecule has 2 aromatic rings. The number of nitrogens with zero attached hydrogens (tertiary/aromatic N) is 1. The lowest BCUT2D eigenvalue weighted by Crippen LogP contribution is -2.16. The number of aromatic nitrogens is 1. The minimum absolute atomic E-state index is 0.575.